The first-order valence-electron chi connectivity index (χ1n) is 7.50. The van der Waals surface area contributed by atoms with Crippen LogP contribution in [0.4, 0.5) is 0 Å². The SMILES string of the molecule is CCOc1cccc(/C=N/NS(=O)(=O)c2cc(OC)ccc2OC)c1. The highest BCUT2D eigenvalue weighted by Gasteiger charge is 2.19. The van der Waals surface area contributed by atoms with Crippen molar-refractivity contribution in [3.8, 4) is 17.2 Å². The van der Waals surface area contributed by atoms with Gasteiger partial charge in [-0.2, -0.15) is 18.4 Å². The molecule has 0 amide bonds. The van der Waals surface area contributed by atoms with Gasteiger partial charge in [0.2, 0.25) is 0 Å². The summed E-state index contributed by atoms with van der Waals surface area (Å²) in [7, 11) is -1.06. The highest BCUT2D eigenvalue weighted by Crippen LogP contribution is 2.27. The second-order valence-corrected chi connectivity index (χ2v) is 6.50. The predicted molar refractivity (Wildman–Crippen MR) is 95.1 cm³/mol. The van der Waals surface area contributed by atoms with Gasteiger partial charge in [-0.1, -0.05) is 12.1 Å². The summed E-state index contributed by atoms with van der Waals surface area (Å²) in [5.41, 5.74) is 0.700. The van der Waals surface area contributed by atoms with Crippen molar-refractivity contribution in [1.29, 1.82) is 0 Å². The minimum absolute atomic E-state index is 0.0606. The molecule has 0 aliphatic carbocycles. The van der Waals surface area contributed by atoms with Gasteiger partial charge in [0.05, 0.1) is 27.0 Å². The molecule has 1 N–H and O–H groups in total. The van der Waals surface area contributed by atoms with Gasteiger partial charge in [0, 0.05) is 6.07 Å². The molecule has 7 nitrogen and oxygen atoms in total. The van der Waals surface area contributed by atoms with Crippen LogP contribution >= 0.6 is 0 Å². The van der Waals surface area contributed by atoms with Gasteiger partial charge in [-0.15, -0.1) is 0 Å². The van der Waals surface area contributed by atoms with Gasteiger partial charge in [0.25, 0.3) is 10.0 Å². The first-order valence-corrected chi connectivity index (χ1v) is 8.98. The van der Waals surface area contributed by atoms with Gasteiger partial charge >= 0.3 is 0 Å². The molecule has 0 saturated heterocycles. The van der Waals surface area contributed by atoms with Crippen molar-refractivity contribution >= 4 is 16.2 Å². The lowest BCUT2D eigenvalue weighted by atomic mass is 10.2. The van der Waals surface area contributed by atoms with Crippen LogP contribution in [0.3, 0.4) is 0 Å². The van der Waals surface area contributed by atoms with Crippen LogP contribution in [-0.4, -0.2) is 35.5 Å². The monoisotopic (exact) mass is 364 g/mol. The maximum absolute atomic E-state index is 12.5. The Labute approximate surface area is 147 Å². The molecular formula is C17H20N2O5S. The average molecular weight is 364 g/mol. The van der Waals surface area contributed by atoms with Crippen LogP contribution in [0.15, 0.2) is 52.5 Å². The molecule has 2 rings (SSSR count). The first kappa shape index (κ1) is 18.6. The van der Waals surface area contributed by atoms with Gasteiger partial charge in [0.15, 0.2) is 0 Å². The number of hydrogen-bond acceptors (Lipinski definition) is 6. The standard InChI is InChI=1S/C17H20N2O5S/c1-4-24-15-7-5-6-13(10-15)12-18-19-25(20,21)17-11-14(22-2)8-9-16(17)23-3/h5-12,19H,4H2,1-3H3/b18-12+. The zero-order valence-electron chi connectivity index (χ0n) is 14.2. The summed E-state index contributed by atoms with van der Waals surface area (Å²) in [5.74, 6) is 1.28. The molecule has 0 bridgehead atoms. The van der Waals surface area contributed by atoms with Gasteiger partial charge in [-0.25, -0.2) is 0 Å². The van der Waals surface area contributed by atoms with E-state index in [9.17, 15) is 8.42 Å². The lowest BCUT2D eigenvalue weighted by Gasteiger charge is -2.10. The molecule has 0 unspecified atom stereocenters. The summed E-state index contributed by atoms with van der Waals surface area (Å²) in [6.07, 6.45) is 1.40. The molecule has 0 fully saturated rings. The van der Waals surface area contributed by atoms with Crippen LogP contribution in [-0.2, 0) is 10.0 Å². The molecule has 2 aromatic rings. The van der Waals surface area contributed by atoms with E-state index in [4.69, 9.17) is 14.2 Å². The lowest BCUT2D eigenvalue weighted by Crippen LogP contribution is -2.19. The molecular weight excluding hydrogens is 344 g/mol. The number of hydrogen-bond donors (Lipinski definition) is 1. The number of sulfonamides is 1. The van der Waals surface area contributed by atoms with Crippen molar-refractivity contribution in [3.05, 3.63) is 48.0 Å². The molecule has 0 aliphatic heterocycles. The zero-order chi connectivity index (χ0) is 18.3. The van der Waals surface area contributed by atoms with Crippen molar-refractivity contribution < 1.29 is 22.6 Å². The Bertz CT molecular complexity index is 850. The minimum Gasteiger partial charge on any atom is -0.497 e. The predicted octanol–water partition coefficient (Wildman–Crippen LogP) is 2.41. The Hall–Kier alpha value is -2.74. The van der Waals surface area contributed by atoms with E-state index in [-0.39, 0.29) is 10.6 Å². The fourth-order valence-corrected chi connectivity index (χ4v) is 3.04. The Morgan fingerprint density at radius 3 is 2.56 bits per heavy atom. The third-order valence-corrected chi connectivity index (χ3v) is 4.46. The van der Waals surface area contributed by atoms with Gasteiger partial charge < -0.3 is 14.2 Å². The second-order valence-electron chi connectivity index (χ2n) is 4.88. The third kappa shape index (κ3) is 4.87. The van der Waals surface area contributed by atoms with E-state index in [1.807, 2.05) is 13.0 Å². The molecule has 0 radical (unpaired) electrons. The van der Waals surface area contributed by atoms with Crippen LogP contribution < -0.4 is 19.0 Å². The van der Waals surface area contributed by atoms with E-state index in [1.165, 1.54) is 32.6 Å². The maximum atomic E-state index is 12.5. The number of methoxy groups -OCH3 is 2. The Balaban J connectivity index is 2.20. The minimum atomic E-state index is -3.91. The van der Waals surface area contributed by atoms with Crippen LogP contribution in [0, 0.1) is 0 Å². The third-order valence-electron chi connectivity index (χ3n) is 3.22. The molecule has 0 aliphatic rings. The van der Waals surface area contributed by atoms with E-state index < -0.39 is 10.0 Å². The Morgan fingerprint density at radius 2 is 1.88 bits per heavy atom. The Kier molecular flexibility index (Phi) is 6.24. The fraction of sp³-hybridized carbons (Fsp3) is 0.235. The average Bonchev–Trinajstić information content (AvgIpc) is 2.61. The summed E-state index contributed by atoms with van der Waals surface area (Å²) in [6, 6.07) is 11.6. The van der Waals surface area contributed by atoms with Crippen molar-refractivity contribution in [1.82, 2.24) is 4.83 Å². The normalized spacial score (nSPS) is 11.3. The number of nitrogens with one attached hydrogen (secondary N) is 1. The number of rotatable bonds is 8. The van der Waals surface area contributed by atoms with E-state index in [0.717, 1.165) is 0 Å². The van der Waals surface area contributed by atoms with Crippen LogP contribution in [0.2, 0.25) is 0 Å². The molecule has 0 atom stereocenters. The van der Waals surface area contributed by atoms with Gasteiger partial charge in [-0.3, -0.25) is 0 Å². The molecule has 0 saturated carbocycles. The molecule has 2 aromatic carbocycles. The summed E-state index contributed by atoms with van der Waals surface area (Å²) in [6.45, 7) is 2.43. The quantitative estimate of drug-likeness (QED) is 0.574. The summed E-state index contributed by atoms with van der Waals surface area (Å²) >= 11 is 0. The first-order chi connectivity index (χ1) is 12.0. The zero-order valence-corrected chi connectivity index (χ0v) is 15.0. The number of nitrogens with zero attached hydrogens (tertiary/aromatic N) is 1. The van der Waals surface area contributed by atoms with Crippen molar-refractivity contribution in [2.75, 3.05) is 20.8 Å². The number of hydrazone groups is 1. The highest BCUT2D eigenvalue weighted by atomic mass is 32.2. The van der Waals surface area contributed by atoms with Gasteiger partial charge in [-0.05, 0) is 36.8 Å². The second kappa shape index (κ2) is 8.39. The van der Waals surface area contributed by atoms with Crippen LogP contribution in [0.5, 0.6) is 17.2 Å². The topological polar surface area (TPSA) is 86.2 Å². The van der Waals surface area contributed by atoms with Crippen molar-refractivity contribution in [3.63, 3.8) is 0 Å². The highest BCUT2D eigenvalue weighted by molar-refractivity contribution is 7.89. The van der Waals surface area contributed by atoms with E-state index in [0.29, 0.717) is 23.7 Å². The molecule has 8 heteroatoms. The largest absolute Gasteiger partial charge is 0.497 e. The van der Waals surface area contributed by atoms with Crippen LogP contribution in [0.25, 0.3) is 0 Å². The van der Waals surface area contributed by atoms with Crippen molar-refractivity contribution in [2.24, 2.45) is 5.10 Å². The Morgan fingerprint density at radius 1 is 1.08 bits per heavy atom. The van der Waals surface area contributed by atoms with E-state index in [1.54, 1.807) is 24.3 Å². The molecule has 134 valence electrons. The van der Waals surface area contributed by atoms with E-state index in [2.05, 4.69) is 9.93 Å². The molecule has 25 heavy (non-hydrogen) atoms. The molecule has 0 heterocycles. The number of benzene rings is 2. The van der Waals surface area contributed by atoms with Crippen LogP contribution in [0.1, 0.15) is 12.5 Å². The smallest absolute Gasteiger partial charge is 0.280 e. The molecule has 0 spiro atoms. The van der Waals surface area contributed by atoms with Crippen molar-refractivity contribution in [2.45, 2.75) is 11.8 Å². The maximum Gasteiger partial charge on any atom is 0.280 e. The summed E-state index contributed by atoms with van der Waals surface area (Å²) in [4.78, 5) is 2.11. The molecule has 0 aromatic heterocycles. The summed E-state index contributed by atoms with van der Waals surface area (Å²) in [5, 5.41) is 3.81. The summed E-state index contributed by atoms with van der Waals surface area (Å²) < 4.78 is 40.5. The lowest BCUT2D eigenvalue weighted by molar-refractivity contribution is 0.340. The van der Waals surface area contributed by atoms with Gasteiger partial charge in [0.1, 0.15) is 22.1 Å². The van der Waals surface area contributed by atoms with E-state index >= 15 is 0 Å². The fourth-order valence-electron chi connectivity index (χ4n) is 2.06. The number of ether oxygens (including phenoxy) is 3.